The van der Waals surface area contributed by atoms with Crippen LogP contribution in [0.25, 0.3) is 0 Å². The van der Waals surface area contributed by atoms with Crippen LogP contribution < -0.4 is 5.32 Å². The van der Waals surface area contributed by atoms with E-state index in [1.165, 1.54) is 11.3 Å². The second-order valence-electron chi connectivity index (χ2n) is 3.40. The van der Waals surface area contributed by atoms with Gasteiger partial charge in [0.05, 0.1) is 19.7 Å². The minimum Gasteiger partial charge on any atom is -0.321 e. The van der Waals surface area contributed by atoms with Crippen LogP contribution in [0.1, 0.15) is 15.9 Å². The Morgan fingerprint density at radius 1 is 1.44 bits per heavy atom. The van der Waals surface area contributed by atoms with Crippen LogP contribution in [0.15, 0.2) is 29.6 Å². The number of hydrogen-bond donors (Lipinski definition) is 1. The van der Waals surface area contributed by atoms with Crippen molar-refractivity contribution >= 4 is 57.1 Å². The minimum atomic E-state index is -0.243. The molecule has 0 atom stereocenters. The molecule has 0 aliphatic carbocycles. The summed E-state index contributed by atoms with van der Waals surface area (Å²) in [7, 11) is 0. The Labute approximate surface area is 127 Å². The van der Waals surface area contributed by atoms with E-state index in [-0.39, 0.29) is 5.91 Å². The number of nitrogens with one attached hydrogen (secondary N) is 1. The third-order valence-electron chi connectivity index (χ3n) is 2.18. The molecule has 3 nitrogen and oxygen atoms in total. The molecule has 1 N–H and O–H groups in total. The molecular weight excluding hydrogens is 383 g/mol. The average Bonchev–Trinajstić information content (AvgIpc) is 2.76. The van der Waals surface area contributed by atoms with Crippen molar-refractivity contribution in [2.24, 2.45) is 0 Å². The van der Waals surface area contributed by atoms with Crippen molar-refractivity contribution in [1.82, 2.24) is 0 Å². The largest absolute Gasteiger partial charge is 0.321 e. The summed E-state index contributed by atoms with van der Waals surface area (Å²) >= 11 is 9.49. The summed E-state index contributed by atoms with van der Waals surface area (Å²) in [5.74, 6) is -0.243. The van der Waals surface area contributed by atoms with Crippen molar-refractivity contribution in [3.8, 4) is 6.07 Å². The van der Waals surface area contributed by atoms with Gasteiger partial charge in [0.1, 0.15) is 6.07 Å². The zero-order chi connectivity index (χ0) is 13.1. The number of carbonyl (C=O) groups is 1. The number of nitriles is 1. The third-order valence-corrected chi connectivity index (χ3v) is 4.20. The van der Waals surface area contributed by atoms with E-state index in [1.807, 2.05) is 6.07 Å². The van der Waals surface area contributed by atoms with Crippen LogP contribution in [0.5, 0.6) is 0 Å². The van der Waals surface area contributed by atoms with Crippen molar-refractivity contribution in [3.63, 3.8) is 0 Å². The molecule has 18 heavy (non-hydrogen) atoms. The Balaban J connectivity index is 2.27. The first-order chi connectivity index (χ1) is 8.60. The van der Waals surface area contributed by atoms with Crippen molar-refractivity contribution in [2.75, 3.05) is 5.32 Å². The summed E-state index contributed by atoms with van der Waals surface area (Å²) in [6.45, 7) is 0. The van der Waals surface area contributed by atoms with Gasteiger partial charge in [-0.1, -0.05) is 11.6 Å². The van der Waals surface area contributed by atoms with Gasteiger partial charge in [0.15, 0.2) is 0 Å². The quantitative estimate of drug-likeness (QED) is 0.787. The average molecular weight is 389 g/mol. The van der Waals surface area contributed by atoms with Crippen LogP contribution in [-0.2, 0) is 0 Å². The molecule has 0 radical (unpaired) electrons. The number of nitrogens with zero attached hydrogens (tertiary/aromatic N) is 1. The zero-order valence-electron chi connectivity index (χ0n) is 8.91. The van der Waals surface area contributed by atoms with Crippen LogP contribution in [0.2, 0.25) is 5.02 Å². The highest BCUT2D eigenvalue weighted by atomic mass is 127. The van der Waals surface area contributed by atoms with Gasteiger partial charge in [0.25, 0.3) is 5.91 Å². The topological polar surface area (TPSA) is 52.9 Å². The van der Waals surface area contributed by atoms with E-state index in [4.69, 9.17) is 16.9 Å². The van der Waals surface area contributed by atoms with Crippen molar-refractivity contribution in [3.05, 3.63) is 48.7 Å². The maximum Gasteiger partial charge on any atom is 0.256 e. The van der Waals surface area contributed by atoms with Crippen LogP contribution in [0.3, 0.4) is 0 Å². The van der Waals surface area contributed by atoms with E-state index in [9.17, 15) is 4.79 Å². The van der Waals surface area contributed by atoms with Gasteiger partial charge in [-0.15, -0.1) is 11.3 Å². The molecule has 0 fully saturated rings. The van der Waals surface area contributed by atoms with E-state index < -0.39 is 0 Å². The lowest BCUT2D eigenvalue weighted by Gasteiger charge is -2.06. The Bertz CT molecular complexity index is 648. The molecule has 0 saturated carbocycles. The Morgan fingerprint density at radius 2 is 2.22 bits per heavy atom. The van der Waals surface area contributed by atoms with Gasteiger partial charge >= 0.3 is 0 Å². The Hall–Kier alpha value is -1.10. The zero-order valence-corrected chi connectivity index (χ0v) is 12.6. The molecule has 1 aromatic heterocycles. The molecule has 2 rings (SSSR count). The second kappa shape index (κ2) is 5.69. The maximum absolute atomic E-state index is 11.9. The molecule has 0 spiro atoms. The molecule has 2 aromatic rings. The van der Waals surface area contributed by atoms with Crippen molar-refractivity contribution in [2.45, 2.75) is 0 Å². The molecule has 6 heteroatoms. The molecular formula is C12H6ClIN2OS. The fourth-order valence-corrected chi connectivity index (χ4v) is 2.84. The summed E-state index contributed by atoms with van der Waals surface area (Å²) in [6.07, 6.45) is 0. The second-order valence-corrected chi connectivity index (χ2v) is 6.64. The van der Waals surface area contributed by atoms with Crippen LogP contribution in [0, 0.1) is 14.2 Å². The fourth-order valence-electron chi connectivity index (χ4n) is 1.34. The standard InChI is InChI=1S/C12H6ClIN2OS/c13-9-2-1-7(5-15)10(4-9)16-12(17)8-3-11(14)18-6-8/h1-4,6H,(H,16,17). The lowest BCUT2D eigenvalue weighted by atomic mass is 10.2. The summed E-state index contributed by atoms with van der Waals surface area (Å²) in [5, 5.41) is 13.9. The molecule has 0 aliphatic rings. The van der Waals surface area contributed by atoms with E-state index >= 15 is 0 Å². The highest BCUT2D eigenvalue weighted by molar-refractivity contribution is 14.1. The van der Waals surface area contributed by atoms with Crippen LogP contribution in [-0.4, -0.2) is 5.91 Å². The van der Waals surface area contributed by atoms with E-state index in [0.717, 1.165) is 2.88 Å². The van der Waals surface area contributed by atoms with Gasteiger partial charge in [0.2, 0.25) is 0 Å². The van der Waals surface area contributed by atoms with Gasteiger partial charge in [0, 0.05) is 10.4 Å². The lowest BCUT2D eigenvalue weighted by molar-refractivity contribution is 0.102. The molecule has 1 amide bonds. The summed E-state index contributed by atoms with van der Waals surface area (Å²) in [5.41, 5.74) is 1.39. The van der Waals surface area contributed by atoms with Crippen molar-refractivity contribution in [1.29, 1.82) is 5.26 Å². The molecule has 1 heterocycles. The first-order valence-electron chi connectivity index (χ1n) is 4.85. The third kappa shape index (κ3) is 3.02. The number of hydrogen-bond acceptors (Lipinski definition) is 3. The fraction of sp³-hybridized carbons (Fsp3) is 0. The molecule has 1 aromatic carbocycles. The van der Waals surface area contributed by atoms with Crippen LogP contribution in [0.4, 0.5) is 5.69 Å². The number of thiophene rings is 1. The first-order valence-corrected chi connectivity index (χ1v) is 7.19. The SMILES string of the molecule is N#Cc1ccc(Cl)cc1NC(=O)c1csc(I)c1. The smallest absolute Gasteiger partial charge is 0.256 e. The number of carbonyl (C=O) groups excluding carboxylic acids is 1. The number of amides is 1. The summed E-state index contributed by atoms with van der Waals surface area (Å²) in [4.78, 5) is 11.9. The lowest BCUT2D eigenvalue weighted by Crippen LogP contribution is -2.11. The Morgan fingerprint density at radius 3 is 2.83 bits per heavy atom. The van der Waals surface area contributed by atoms with E-state index in [0.29, 0.717) is 21.8 Å². The van der Waals surface area contributed by atoms with E-state index in [1.54, 1.807) is 29.6 Å². The monoisotopic (exact) mass is 388 g/mol. The summed E-state index contributed by atoms with van der Waals surface area (Å²) < 4.78 is 1.03. The molecule has 0 unspecified atom stereocenters. The predicted molar refractivity (Wildman–Crippen MR) is 81.2 cm³/mol. The van der Waals surface area contributed by atoms with Gasteiger partial charge in [-0.25, -0.2) is 0 Å². The molecule has 90 valence electrons. The van der Waals surface area contributed by atoms with Gasteiger partial charge in [-0.05, 0) is 46.9 Å². The van der Waals surface area contributed by atoms with Gasteiger partial charge < -0.3 is 5.32 Å². The number of rotatable bonds is 2. The van der Waals surface area contributed by atoms with Crippen molar-refractivity contribution < 1.29 is 4.79 Å². The first kappa shape index (κ1) is 13.3. The van der Waals surface area contributed by atoms with E-state index in [2.05, 4.69) is 27.9 Å². The number of anilines is 1. The number of halogens is 2. The van der Waals surface area contributed by atoms with Gasteiger partial charge in [-0.3, -0.25) is 4.79 Å². The highest BCUT2D eigenvalue weighted by Crippen LogP contribution is 2.22. The van der Waals surface area contributed by atoms with Crippen LogP contribution >= 0.6 is 45.5 Å². The summed E-state index contributed by atoms with van der Waals surface area (Å²) in [6, 6.07) is 8.56. The Kier molecular flexibility index (Phi) is 4.22. The molecule has 0 saturated heterocycles. The predicted octanol–water partition coefficient (Wildman–Crippen LogP) is 4.13. The number of benzene rings is 1. The molecule has 0 bridgehead atoms. The maximum atomic E-state index is 11.9. The molecule has 0 aliphatic heterocycles. The minimum absolute atomic E-state index is 0.243. The highest BCUT2D eigenvalue weighted by Gasteiger charge is 2.11. The normalized spacial score (nSPS) is 9.83. The van der Waals surface area contributed by atoms with Gasteiger partial charge in [-0.2, -0.15) is 5.26 Å².